The Bertz CT molecular complexity index is 1360. The van der Waals surface area contributed by atoms with E-state index in [0.29, 0.717) is 17.8 Å². The lowest BCUT2D eigenvalue weighted by Crippen LogP contribution is -2.46. The number of aryl methyl sites for hydroxylation is 1. The lowest BCUT2D eigenvalue weighted by Gasteiger charge is -2.35. The third-order valence-corrected chi connectivity index (χ3v) is 11.2. The van der Waals surface area contributed by atoms with E-state index in [0.717, 1.165) is 70.6 Å². The Hall–Kier alpha value is -2.96. The maximum Gasteiger partial charge on any atom is 0.321 e. The van der Waals surface area contributed by atoms with Gasteiger partial charge in [-0.05, 0) is 74.7 Å². The molecule has 6 nitrogen and oxygen atoms in total. The molecular formula is C38H52N4O2. The molecule has 3 heterocycles. The van der Waals surface area contributed by atoms with Crippen molar-refractivity contribution in [3.63, 3.8) is 0 Å². The van der Waals surface area contributed by atoms with Crippen LogP contribution in [0.15, 0.2) is 66.7 Å². The lowest BCUT2D eigenvalue weighted by molar-refractivity contribution is -0.145. The molecule has 1 aromatic heterocycles. The van der Waals surface area contributed by atoms with Crippen LogP contribution in [0.3, 0.4) is 0 Å². The first-order valence-electron chi connectivity index (χ1n) is 17.2. The highest BCUT2D eigenvalue weighted by atomic mass is 16.4. The first-order chi connectivity index (χ1) is 21.3. The van der Waals surface area contributed by atoms with Crippen LogP contribution in [-0.4, -0.2) is 69.4 Å². The zero-order valence-corrected chi connectivity index (χ0v) is 27.1. The minimum absolute atomic E-state index is 0.136. The highest BCUT2D eigenvalue weighted by Gasteiger charge is 2.43. The summed E-state index contributed by atoms with van der Waals surface area (Å²) in [5, 5.41) is 15.5. The van der Waals surface area contributed by atoms with Gasteiger partial charge in [0.1, 0.15) is 6.04 Å². The van der Waals surface area contributed by atoms with E-state index in [1.807, 2.05) is 0 Å². The van der Waals surface area contributed by atoms with Crippen LogP contribution in [0, 0.1) is 11.8 Å². The number of hydrogen-bond donors (Lipinski definition) is 1. The summed E-state index contributed by atoms with van der Waals surface area (Å²) in [6.07, 6.45) is 7.99. The van der Waals surface area contributed by atoms with Gasteiger partial charge >= 0.3 is 5.97 Å². The Labute approximate surface area is 264 Å². The number of carboxylic acid groups (broad SMARTS) is 1. The molecule has 2 aliphatic heterocycles. The van der Waals surface area contributed by atoms with Gasteiger partial charge in [-0.3, -0.25) is 14.4 Å². The van der Waals surface area contributed by atoms with E-state index in [-0.39, 0.29) is 17.4 Å². The SMILES string of the molecule is CCn1nc(C(C)(C)c2ccccc2)cc1C1CCN(C[C@H]2CN([C@@H](C(=O)O)C3CCCCC3)C[C@@H]2c2ccccc2)CC1. The van der Waals surface area contributed by atoms with Gasteiger partial charge in [-0.1, -0.05) is 93.8 Å². The summed E-state index contributed by atoms with van der Waals surface area (Å²) in [5.41, 5.74) is 5.07. The van der Waals surface area contributed by atoms with E-state index in [2.05, 4.69) is 102 Å². The summed E-state index contributed by atoms with van der Waals surface area (Å²) in [6.45, 7) is 12.6. The molecule has 1 saturated carbocycles. The number of carbonyl (C=O) groups is 1. The number of nitrogens with zero attached hydrogens (tertiary/aromatic N) is 4. The fourth-order valence-electron chi connectivity index (χ4n) is 8.56. The van der Waals surface area contributed by atoms with Crippen molar-refractivity contribution >= 4 is 5.97 Å². The molecule has 0 unspecified atom stereocenters. The van der Waals surface area contributed by atoms with Gasteiger partial charge in [0.25, 0.3) is 0 Å². The van der Waals surface area contributed by atoms with Gasteiger partial charge < -0.3 is 10.0 Å². The predicted molar refractivity (Wildman–Crippen MR) is 177 cm³/mol. The molecule has 3 atom stereocenters. The van der Waals surface area contributed by atoms with E-state index in [1.54, 1.807) is 0 Å². The average molecular weight is 597 g/mol. The number of likely N-dealkylation sites (tertiary alicyclic amines) is 2. The fourth-order valence-corrected chi connectivity index (χ4v) is 8.56. The van der Waals surface area contributed by atoms with Gasteiger partial charge in [-0.25, -0.2) is 0 Å². The number of carboxylic acids is 1. The Balaban J connectivity index is 1.14. The van der Waals surface area contributed by atoms with Crippen molar-refractivity contribution in [1.29, 1.82) is 0 Å². The van der Waals surface area contributed by atoms with Crippen molar-refractivity contribution in [2.75, 3.05) is 32.7 Å². The Kier molecular flexibility index (Phi) is 9.58. The number of hydrogen-bond acceptors (Lipinski definition) is 4. The highest BCUT2D eigenvalue weighted by molar-refractivity contribution is 5.74. The molecule has 2 aromatic carbocycles. The van der Waals surface area contributed by atoms with Gasteiger partial charge in [0, 0.05) is 49.1 Å². The molecule has 0 radical (unpaired) electrons. The second-order valence-corrected chi connectivity index (χ2v) is 14.2. The van der Waals surface area contributed by atoms with Gasteiger partial charge in [0.05, 0.1) is 5.69 Å². The fraction of sp³-hybridized carbons (Fsp3) is 0.579. The summed E-state index contributed by atoms with van der Waals surface area (Å²) in [5.74, 6) is 1.01. The summed E-state index contributed by atoms with van der Waals surface area (Å²) in [4.78, 5) is 17.6. The molecule has 3 fully saturated rings. The predicted octanol–water partition coefficient (Wildman–Crippen LogP) is 7.16. The number of piperidine rings is 1. The van der Waals surface area contributed by atoms with Gasteiger partial charge in [-0.15, -0.1) is 0 Å². The molecule has 6 rings (SSSR count). The minimum Gasteiger partial charge on any atom is -0.480 e. The van der Waals surface area contributed by atoms with E-state index in [1.165, 1.54) is 36.1 Å². The van der Waals surface area contributed by atoms with Crippen LogP contribution in [0.1, 0.15) is 100 Å². The van der Waals surface area contributed by atoms with E-state index >= 15 is 0 Å². The lowest BCUT2D eigenvalue weighted by atomic mass is 9.81. The molecule has 0 spiro atoms. The maximum atomic E-state index is 12.6. The summed E-state index contributed by atoms with van der Waals surface area (Å²) >= 11 is 0. The zero-order chi connectivity index (χ0) is 30.7. The van der Waals surface area contributed by atoms with Crippen LogP contribution < -0.4 is 0 Å². The monoisotopic (exact) mass is 596 g/mol. The molecule has 3 aromatic rings. The van der Waals surface area contributed by atoms with Crippen LogP contribution in [-0.2, 0) is 16.8 Å². The second kappa shape index (κ2) is 13.6. The van der Waals surface area contributed by atoms with Crippen molar-refractivity contribution < 1.29 is 9.90 Å². The first kappa shape index (κ1) is 31.0. The number of aliphatic carboxylic acids is 1. The molecule has 236 valence electrons. The summed E-state index contributed by atoms with van der Waals surface area (Å²) < 4.78 is 2.25. The number of benzene rings is 2. The molecule has 6 heteroatoms. The molecule has 3 aliphatic rings. The number of aromatic nitrogens is 2. The van der Waals surface area contributed by atoms with Crippen molar-refractivity contribution in [1.82, 2.24) is 19.6 Å². The molecule has 0 bridgehead atoms. The van der Waals surface area contributed by atoms with Crippen molar-refractivity contribution in [2.45, 2.75) is 95.6 Å². The van der Waals surface area contributed by atoms with Crippen LogP contribution in [0.4, 0.5) is 0 Å². The van der Waals surface area contributed by atoms with E-state index < -0.39 is 5.97 Å². The molecule has 0 amide bonds. The molecule has 44 heavy (non-hydrogen) atoms. The van der Waals surface area contributed by atoms with Crippen LogP contribution >= 0.6 is 0 Å². The minimum atomic E-state index is -0.618. The number of rotatable bonds is 10. The summed E-state index contributed by atoms with van der Waals surface area (Å²) in [7, 11) is 0. The first-order valence-corrected chi connectivity index (χ1v) is 17.2. The van der Waals surface area contributed by atoms with Crippen molar-refractivity contribution in [3.05, 3.63) is 89.2 Å². The van der Waals surface area contributed by atoms with Crippen molar-refractivity contribution in [3.8, 4) is 0 Å². The largest absolute Gasteiger partial charge is 0.480 e. The quantitative estimate of drug-likeness (QED) is 0.269. The molecule has 2 saturated heterocycles. The molecular weight excluding hydrogens is 544 g/mol. The normalized spacial score (nSPS) is 23.6. The zero-order valence-electron chi connectivity index (χ0n) is 27.1. The molecule has 1 aliphatic carbocycles. The van der Waals surface area contributed by atoms with Gasteiger partial charge in [0.2, 0.25) is 0 Å². The van der Waals surface area contributed by atoms with Crippen LogP contribution in [0.5, 0.6) is 0 Å². The highest BCUT2D eigenvalue weighted by Crippen LogP contribution is 2.40. The summed E-state index contributed by atoms with van der Waals surface area (Å²) in [6, 6.07) is 23.7. The van der Waals surface area contributed by atoms with E-state index in [4.69, 9.17) is 5.10 Å². The van der Waals surface area contributed by atoms with Crippen molar-refractivity contribution in [2.24, 2.45) is 11.8 Å². The Morgan fingerprint density at radius 2 is 1.59 bits per heavy atom. The second-order valence-electron chi connectivity index (χ2n) is 14.2. The third-order valence-electron chi connectivity index (χ3n) is 11.2. The Morgan fingerprint density at radius 3 is 2.23 bits per heavy atom. The third kappa shape index (κ3) is 6.53. The molecule has 1 N–H and O–H groups in total. The smallest absolute Gasteiger partial charge is 0.321 e. The average Bonchev–Trinajstić information content (AvgIpc) is 3.68. The van der Waals surface area contributed by atoms with Gasteiger partial charge in [0.15, 0.2) is 0 Å². The standard InChI is InChI=1S/C38H52N4O2/c1-4-42-34(24-35(39-42)38(2,3)32-18-12-7-13-19-32)29-20-22-40(23-21-29)25-31-26-41(27-33(31)28-14-8-5-9-15-28)36(37(43)44)30-16-10-6-11-17-30/h5,7-9,12-15,18-19,24,29-31,33,36H,4,6,10-11,16-17,20-23,25-27H2,1-3H3,(H,43,44)/t31-,33+,36+/m0/s1. The van der Waals surface area contributed by atoms with Crippen LogP contribution in [0.25, 0.3) is 0 Å². The topological polar surface area (TPSA) is 61.6 Å². The maximum absolute atomic E-state index is 12.6. The Morgan fingerprint density at radius 1 is 0.932 bits per heavy atom. The van der Waals surface area contributed by atoms with Crippen LogP contribution in [0.2, 0.25) is 0 Å². The van der Waals surface area contributed by atoms with Gasteiger partial charge in [-0.2, -0.15) is 5.10 Å². The van der Waals surface area contributed by atoms with E-state index in [9.17, 15) is 9.90 Å².